The predicted octanol–water partition coefficient (Wildman–Crippen LogP) is 7.48. The van der Waals surface area contributed by atoms with Crippen LogP contribution in [0.4, 0.5) is 0 Å². The molecule has 58 heavy (non-hydrogen) atoms. The molecule has 14 heteroatoms. The van der Waals surface area contributed by atoms with E-state index in [9.17, 15) is 14.4 Å². The van der Waals surface area contributed by atoms with Crippen LogP contribution in [0, 0.1) is 11.8 Å². The van der Waals surface area contributed by atoms with Crippen LogP contribution in [0.15, 0.2) is 9.98 Å². The fraction of sp³-hybridized carbons (Fsp3) is 0.886. The lowest BCUT2D eigenvalue weighted by Crippen LogP contribution is -2.64. The fourth-order valence-electron chi connectivity index (χ4n) is 11.0. The number of hydrazine groups is 1. The number of nitrogens with one attached hydrogen (secondary N) is 2. The summed E-state index contributed by atoms with van der Waals surface area (Å²) in [5.74, 6) is 1.10. The Morgan fingerprint density at radius 3 is 1.43 bits per heavy atom. The zero-order valence-corrected chi connectivity index (χ0v) is 39.1. The highest BCUT2D eigenvalue weighted by Gasteiger charge is 2.53. The summed E-state index contributed by atoms with van der Waals surface area (Å²) >= 11 is 0. The van der Waals surface area contributed by atoms with Crippen molar-refractivity contribution in [1.29, 1.82) is 0 Å². The number of carbonyl (C=O) groups excluding carboxylic acids is 3. The zero-order valence-electron chi connectivity index (χ0n) is 39.1. The van der Waals surface area contributed by atoms with Crippen LogP contribution in [-0.4, -0.2) is 108 Å². The maximum absolute atomic E-state index is 12.3. The molecule has 3 saturated heterocycles. The van der Waals surface area contributed by atoms with Gasteiger partial charge in [0.25, 0.3) is 0 Å². The molecule has 0 radical (unpaired) electrons. The number of piperidine rings is 3. The second-order valence-corrected chi connectivity index (χ2v) is 21.3. The minimum absolute atomic E-state index is 0.0560. The normalized spacial score (nSPS) is 26.4. The van der Waals surface area contributed by atoms with Crippen molar-refractivity contribution in [2.45, 2.75) is 227 Å². The summed E-state index contributed by atoms with van der Waals surface area (Å²) < 4.78 is 0. The predicted molar refractivity (Wildman–Crippen MR) is 229 cm³/mol. The number of nitrogens with zero attached hydrogens (tertiary/aromatic N) is 6. The second-order valence-electron chi connectivity index (χ2n) is 21.3. The van der Waals surface area contributed by atoms with Crippen LogP contribution >= 0.6 is 0 Å². The van der Waals surface area contributed by atoms with E-state index in [2.05, 4.69) is 106 Å². The SMILES string of the molecule is CCCCNN1C(C2CC(C)(C)N(OC(C)=O)C(C)(C)C2)=NC(C2CC(C)(C)N(OC(C)=O)C(C)(C)C2)=NC1CCCCNC1CC(C)(C)N(OC(C)=O)C(C)(C)C1. The Labute approximate surface area is 350 Å². The van der Waals surface area contributed by atoms with Crippen LogP contribution in [0.2, 0.25) is 0 Å². The number of rotatable bonds is 15. The fourth-order valence-corrected chi connectivity index (χ4v) is 11.0. The first-order valence-electron chi connectivity index (χ1n) is 22.0. The highest BCUT2D eigenvalue weighted by atomic mass is 16.7. The summed E-state index contributed by atoms with van der Waals surface area (Å²) in [6, 6.07) is 0.302. The maximum atomic E-state index is 12.3. The molecule has 0 saturated carbocycles. The number of hydrogen-bond acceptors (Lipinski definition) is 14. The standard InChI is InChI=1S/C44H80N8O6/c1-17-18-23-46-49-36(21-19-20-22-45-35-28-43(13,14)52(58-32(4)55)44(15,16)29-35)47-37(33-24-39(5,6)50(56-30(2)53)40(7,8)25-33)48-38(49)34-26-41(9,10)51(57-31(3)54)42(11,12)27-34/h33-36,45-46H,17-29H2,1-16H3. The lowest BCUT2D eigenvalue weighted by atomic mass is 9.73. The van der Waals surface area contributed by atoms with E-state index in [0.29, 0.717) is 6.04 Å². The molecule has 1 unspecified atom stereocenters. The number of hydrogen-bond donors (Lipinski definition) is 2. The van der Waals surface area contributed by atoms with E-state index in [1.54, 1.807) is 0 Å². The molecule has 0 aromatic rings. The van der Waals surface area contributed by atoms with E-state index in [4.69, 9.17) is 24.5 Å². The maximum Gasteiger partial charge on any atom is 0.322 e. The molecule has 0 aromatic heterocycles. The van der Waals surface area contributed by atoms with Gasteiger partial charge < -0.3 is 19.8 Å². The van der Waals surface area contributed by atoms with Gasteiger partial charge in [-0.25, -0.2) is 15.4 Å². The van der Waals surface area contributed by atoms with Crippen LogP contribution in [0.3, 0.4) is 0 Å². The molecular formula is C44H80N8O6. The third-order valence-electron chi connectivity index (χ3n) is 12.4. The highest BCUT2D eigenvalue weighted by molar-refractivity contribution is 6.01. The Bertz CT molecular complexity index is 1480. The quantitative estimate of drug-likeness (QED) is 0.158. The summed E-state index contributed by atoms with van der Waals surface area (Å²) in [7, 11) is 0. The Kier molecular flexibility index (Phi) is 15.0. The zero-order chi connectivity index (χ0) is 43.6. The molecule has 1 atom stereocenters. The van der Waals surface area contributed by atoms with Gasteiger partial charge in [-0.05, 0) is 154 Å². The van der Waals surface area contributed by atoms with Gasteiger partial charge in [0.2, 0.25) is 0 Å². The molecule has 0 aromatic carbocycles. The van der Waals surface area contributed by atoms with Crippen molar-refractivity contribution < 1.29 is 28.9 Å². The molecule has 14 nitrogen and oxygen atoms in total. The number of carbonyl (C=O) groups is 3. The molecule has 0 bridgehead atoms. The van der Waals surface area contributed by atoms with Crippen LogP contribution in [-0.2, 0) is 28.9 Å². The Hall–Kier alpha value is -2.65. The largest absolute Gasteiger partial charge is 0.367 e. The summed E-state index contributed by atoms with van der Waals surface area (Å²) in [5.41, 5.74) is 1.45. The average molecular weight is 817 g/mol. The lowest BCUT2D eigenvalue weighted by Gasteiger charge is -2.54. The Morgan fingerprint density at radius 1 is 0.603 bits per heavy atom. The summed E-state index contributed by atoms with van der Waals surface area (Å²) in [6.45, 7) is 34.1. The van der Waals surface area contributed by atoms with Gasteiger partial charge >= 0.3 is 17.9 Å². The topological polar surface area (TPSA) is 141 Å². The summed E-state index contributed by atoms with van der Waals surface area (Å²) in [5, 5.41) is 11.8. The van der Waals surface area contributed by atoms with E-state index in [1.807, 2.05) is 15.2 Å². The van der Waals surface area contributed by atoms with Crippen LogP contribution < -0.4 is 10.7 Å². The number of aliphatic imine (C=N–C) groups is 2. The molecule has 4 aliphatic rings. The summed E-state index contributed by atoms with van der Waals surface area (Å²) in [6.07, 6.45) is 9.49. The van der Waals surface area contributed by atoms with Gasteiger partial charge in [-0.1, -0.05) is 13.3 Å². The van der Waals surface area contributed by atoms with Gasteiger partial charge in [-0.15, -0.1) is 15.2 Å². The molecule has 0 amide bonds. The van der Waals surface area contributed by atoms with Crippen LogP contribution in [0.25, 0.3) is 0 Å². The number of hydroxylamine groups is 6. The van der Waals surface area contributed by atoms with E-state index < -0.39 is 22.2 Å². The smallest absolute Gasteiger partial charge is 0.322 e. The van der Waals surface area contributed by atoms with Gasteiger partial charge in [-0.3, -0.25) is 19.4 Å². The van der Waals surface area contributed by atoms with E-state index >= 15 is 0 Å². The molecule has 4 aliphatic heterocycles. The minimum Gasteiger partial charge on any atom is -0.367 e. The van der Waals surface area contributed by atoms with Gasteiger partial charge in [0.15, 0.2) is 0 Å². The van der Waals surface area contributed by atoms with Crippen molar-refractivity contribution in [2.24, 2.45) is 21.8 Å². The van der Waals surface area contributed by atoms with Crippen molar-refractivity contribution in [1.82, 2.24) is 30.9 Å². The number of amidine groups is 2. The van der Waals surface area contributed by atoms with Crippen molar-refractivity contribution in [3.8, 4) is 0 Å². The second kappa shape index (κ2) is 18.1. The average Bonchev–Trinajstić information content (AvgIpc) is 3.05. The molecule has 2 N–H and O–H groups in total. The molecule has 4 rings (SSSR count). The number of unbranched alkanes of at least 4 members (excludes halogenated alkanes) is 2. The Balaban J connectivity index is 1.63. The monoisotopic (exact) mass is 817 g/mol. The molecule has 0 spiro atoms. The third kappa shape index (κ3) is 11.6. The summed E-state index contributed by atoms with van der Waals surface area (Å²) in [4.78, 5) is 65.0. The van der Waals surface area contributed by atoms with E-state index in [1.165, 1.54) is 20.8 Å². The van der Waals surface area contributed by atoms with Crippen LogP contribution in [0.5, 0.6) is 0 Å². The van der Waals surface area contributed by atoms with Gasteiger partial charge in [-0.2, -0.15) is 0 Å². The Morgan fingerprint density at radius 2 is 1.02 bits per heavy atom. The van der Waals surface area contributed by atoms with Gasteiger partial charge in [0.05, 0.1) is 33.2 Å². The molecular weight excluding hydrogens is 737 g/mol. The van der Waals surface area contributed by atoms with Gasteiger partial charge in [0, 0.05) is 45.2 Å². The van der Waals surface area contributed by atoms with Crippen molar-refractivity contribution in [3.63, 3.8) is 0 Å². The lowest BCUT2D eigenvalue weighted by molar-refractivity contribution is -0.267. The highest BCUT2D eigenvalue weighted by Crippen LogP contribution is 2.46. The third-order valence-corrected chi connectivity index (χ3v) is 12.4. The van der Waals surface area contributed by atoms with E-state index in [0.717, 1.165) is 95.4 Å². The molecule has 0 aliphatic carbocycles. The first-order chi connectivity index (χ1) is 26.6. The molecule has 4 heterocycles. The first kappa shape index (κ1) is 48.0. The van der Waals surface area contributed by atoms with Gasteiger partial charge in [0.1, 0.15) is 17.8 Å². The molecule has 3 fully saturated rings. The van der Waals surface area contributed by atoms with E-state index in [-0.39, 0.29) is 47.0 Å². The molecule has 332 valence electrons. The van der Waals surface area contributed by atoms with Crippen molar-refractivity contribution >= 4 is 29.6 Å². The first-order valence-corrected chi connectivity index (χ1v) is 22.0. The van der Waals surface area contributed by atoms with Crippen LogP contribution in [0.1, 0.15) is 181 Å². The van der Waals surface area contributed by atoms with Crippen molar-refractivity contribution in [3.05, 3.63) is 0 Å². The van der Waals surface area contributed by atoms with Crippen molar-refractivity contribution in [2.75, 3.05) is 13.1 Å². The minimum atomic E-state index is -0.442.